The van der Waals surface area contributed by atoms with E-state index in [1.165, 1.54) is 11.1 Å². The molecule has 0 fully saturated rings. The number of fused-ring (bicyclic) bond motifs is 3. The van der Waals surface area contributed by atoms with Crippen LogP contribution in [0.2, 0.25) is 0 Å². The SMILES string of the molecule is O=C(O)CNC(=O)c1ccc2c(c1)-c1ccccc1C2. The molecule has 0 spiro atoms. The van der Waals surface area contributed by atoms with Crippen LogP contribution in [0.5, 0.6) is 0 Å². The number of benzene rings is 2. The second-order valence-electron chi connectivity index (χ2n) is 4.78. The highest BCUT2D eigenvalue weighted by atomic mass is 16.4. The van der Waals surface area contributed by atoms with Gasteiger partial charge in [-0.3, -0.25) is 9.59 Å². The molecule has 100 valence electrons. The maximum atomic E-state index is 11.9. The molecule has 1 aliphatic carbocycles. The number of carboxylic acids is 1. The molecule has 3 rings (SSSR count). The summed E-state index contributed by atoms with van der Waals surface area (Å²) >= 11 is 0. The Morgan fingerprint density at radius 1 is 1.05 bits per heavy atom. The fourth-order valence-corrected chi connectivity index (χ4v) is 2.52. The second-order valence-corrected chi connectivity index (χ2v) is 4.78. The van der Waals surface area contributed by atoms with Gasteiger partial charge in [0.05, 0.1) is 0 Å². The van der Waals surface area contributed by atoms with E-state index in [2.05, 4.69) is 11.4 Å². The maximum absolute atomic E-state index is 11.9. The van der Waals surface area contributed by atoms with Crippen molar-refractivity contribution in [1.29, 1.82) is 0 Å². The molecule has 0 aromatic heterocycles. The van der Waals surface area contributed by atoms with Crippen LogP contribution in [0.1, 0.15) is 21.5 Å². The van der Waals surface area contributed by atoms with Crippen LogP contribution in [-0.2, 0) is 11.2 Å². The minimum atomic E-state index is -1.05. The predicted octanol–water partition coefficient (Wildman–Crippen LogP) is 2.07. The zero-order chi connectivity index (χ0) is 14.1. The molecule has 2 aromatic rings. The largest absolute Gasteiger partial charge is 0.480 e. The van der Waals surface area contributed by atoms with Crippen LogP contribution in [0.4, 0.5) is 0 Å². The summed E-state index contributed by atoms with van der Waals surface area (Å²) in [5.74, 6) is -1.41. The fourth-order valence-electron chi connectivity index (χ4n) is 2.52. The predicted molar refractivity (Wildman–Crippen MR) is 74.7 cm³/mol. The van der Waals surface area contributed by atoms with Crippen molar-refractivity contribution in [3.05, 3.63) is 59.2 Å². The quantitative estimate of drug-likeness (QED) is 0.763. The molecule has 2 N–H and O–H groups in total. The molecule has 0 atom stereocenters. The van der Waals surface area contributed by atoms with Crippen LogP contribution in [0.3, 0.4) is 0 Å². The lowest BCUT2D eigenvalue weighted by atomic mass is 10.0. The Kier molecular flexibility index (Phi) is 2.99. The Bertz CT molecular complexity index is 707. The topological polar surface area (TPSA) is 66.4 Å². The lowest BCUT2D eigenvalue weighted by Gasteiger charge is -2.06. The highest BCUT2D eigenvalue weighted by molar-refractivity contribution is 5.97. The van der Waals surface area contributed by atoms with Gasteiger partial charge in [0.1, 0.15) is 6.54 Å². The second kappa shape index (κ2) is 4.81. The molecule has 0 aliphatic heterocycles. The average molecular weight is 267 g/mol. The van der Waals surface area contributed by atoms with Gasteiger partial charge in [0.25, 0.3) is 5.91 Å². The third-order valence-corrected chi connectivity index (χ3v) is 3.46. The van der Waals surface area contributed by atoms with E-state index in [0.717, 1.165) is 17.5 Å². The summed E-state index contributed by atoms with van der Waals surface area (Å²) in [5, 5.41) is 11.0. The summed E-state index contributed by atoms with van der Waals surface area (Å²) in [6.07, 6.45) is 0.878. The molecule has 0 saturated carbocycles. The van der Waals surface area contributed by atoms with E-state index in [9.17, 15) is 9.59 Å². The molecular formula is C16H13NO3. The van der Waals surface area contributed by atoms with Gasteiger partial charge < -0.3 is 10.4 Å². The van der Waals surface area contributed by atoms with Crippen LogP contribution >= 0.6 is 0 Å². The standard InChI is InChI=1S/C16H13NO3/c18-15(19)9-17-16(20)12-6-5-11-7-10-3-1-2-4-13(10)14(11)8-12/h1-6,8H,7,9H2,(H,17,20)(H,18,19). The third-order valence-electron chi connectivity index (χ3n) is 3.46. The third kappa shape index (κ3) is 2.16. The van der Waals surface area contributed by atoms with Crippen LogP contribution in [0.15, 0.2) is 42.5 Å². The minimum absolute atomic E-state index is 0.361. The Labute approximate surface area is 116 Å². The zero-order valence-electron chi connectivity index (χ0n) is 10.7. The van der Waals surface area contributed by atoms with E-state index < -0.39 is 5.97 Å². The van der Waals surface area contributed by atoms with Gasteiger partial charge in [0.15, 0.2) is 0 Å². The van der Waals surface area contributed by atoms with Gasteiger partial charge in [-0.2, -0.15) is 0 Å². The van der Waals surface area contributed by atoms with Gasteiger partial charge in [-0.05, 0) is 40.8 Å². The van der Waals surface area contributed by atoms with E-state index in [1.54, 1.807) is 6.07 Å². The first-order valence-electron chi connectivity index (χ1n) is 6.36. The molecule has 4 heteroatoms. The Morgan fingerprint density at radius 3 is 2.60 bits per heavy atom. The highest BCUT2D eigenvalue weighted by Crippen LogP contribution is 2.36. The van der Waals surface area contributed by atoms with Crippen molar-refractivity contribution in [2.75, 3.05) is 6.54 Å². The summed E-state index contributed by atoms with van der Waals surface area (Å²) in [5.41, 5.74) is 5.15. The number of hydrogen-bond acceptors (Lipinski definition) is 2. The van der Waals surface area contributed by atoms with E-state index >= 15 is 0 Å². The van der Waals surface area contributed by atoms with Crippen molar-refractivity contribution >= 4 is 11.9 Å². The smallest absolute Gasteiger partial charge is 0.322 e. The monoisotopic (exact) mass is 267 g/mol. The van der Waals surface area contributed by atoms with Crippen LogP contribution in [0, 0.1) is 0 Å². The lowest BCUT2D eigenvalue weighted by Crippen LogP contribution is -2.29. The summed E-state index contributed by atoms with van der Waals surface area (Å²) in [6.45, 7) is -0.369. The first kappa shape index (κ1) is 12.4. The molecule has 0 heterocycles. The van der Waals surface area contributed by atoms with Gasteiger partial charge >= 0.3 is 5.97 Å². The number of nitrogens with one attached hydrogen (secondary N) is 1. The molecule has 0 unspecified atom stereocenters. The molecule has 0 radical (unpaired) electrons. The first-order chi connectivity index (χ1) is 9.65. The van der Waals surface area contributed by atoms with Gasteiger partial charge in [-0.15, -0.1) is 0 Å². The van der Waals surface area contributed by atoms with Gasteiger partial charge in [-0.1, -0.05) is 30.3 Å². The number of carbonyl (C=O) groups is 2. The van der Waals surface area contributed by atoms with Crippen molar-refractivity contribution in [2.45, 2.75) is 6.42 Å². The molecule has 4 nitrogen and oxygen atoms in total. The van der Waals surface area contributed by atoms with Crippen molar-refractivity contribution < 1.29 is 14.7 Å². The summed E-state index contributed by atoms with van der Waals surface area (Å²) in [4.78, 5) is 22.4. The molecule has 1 amide bonds. The molecule has 20 heavy (non-hydrogen) atoms. The van der Waals surface area contributed by atoms with Crippen LogP contribution in [0.25, 0.3) is 11.1 Å². The summed E-state index contributed by atoms with van der Waals surface area (Å²) in [6, 6.07) is 13.6. The molecule has 2 aromatic carbocycles. The molecule has 0 bridgehead atoms. The highest BCUT2D eigenvalue weighted by Gasteiger charge is 2.19. The van der Waals surface area contributed by atoms with Crippen LogP contribution in [-0.4, -0.2) is 23.5 Å². The van der Waals surface area contributed by atoms with Crippen molar-refractivity contribution in [3.63, 3.8) is 0 Å². The van der Waals surface area contributed by atoms with Crippen molar-refractivity contribution in [3.8, 4) is 11.1 Å². The minimum Gasteiger partial charge on any atom is -0.480 e. The molecule has 0 saturated heterocycles. The number of carbonyl (C=O) groups excluding carboxylic acids is 1. The van der Waals surface area contributed by atoms with E-state index in [4.69, 9.17) is 5.11 Å². The van der Waals surface area contributed by atoms with Gasteiger partial charge in [0.2, 0.25) is 0 Å². The zero-order valence-corrected chi connectivity index (χ0v) is 10.7. The first-order valence-corrected chi connectivity index (χ1v) is 6.36. The molecule has 1 aliphatic rings. The lowest BCUT2D eigenvalue weighted by molar-refractivity contribution is -0.135. The Morgan fingerprint density at radius 2 is 1.80 bits per heavy atom. The Balaban J connectivity index is 1.91. The number of aliphatic carboxylic acids is 1. The number of amides is 1. The van der Waals surface area contributed by atoms with E-state index in [-0.39, 0.29) is 12.5 Å². The van der Waals surface area contributed by atoms with E-state index in [1.807, 2.05) is 30.3 Å². The fraction of sp³-hybridized carbons (Fsp3) is 0.125. The van der Waals surface area contributed by atoms with Crippen molar-refractivity contribution in [2.24, 2.45) is 0 Å². The molecular weight excluding hydrogens is 254 g/mol. The number of rotatable bonds is 3. The number of carboxylic acid groups (broad SMARTS) is 1. The maximum Gasteiger partial charge on any atom is 0.322 e. The summed E-state index contributed by atoms with van der Waals surface area (Å²) < 4.78 is 0. The van der Waals surface area contributed by atoms with Crippen LogP contribution < -0.4 is 5.32 Å². The summed E-state index contributed by atoms with van der Waals surface area (Å²) in [7, 11) is 0. The van der Waals surface area contributed by atoms with Gasteiger partial charge in [0, 0.05) is 5.56 Å². The van der Waals surface area contributed by atoms with E-state index in [0.29, 0.717) is 5.56 Å². The normalized spacial score (nSPS) is 11.6. The number of hydrogen-bond donors (Lipinski definition) is 2. The Hall–Kier alpha value is -2.62. The van der Waals surface area contributed by atoms with Gasteiger partial charge in [-0.25, -0.2) is 0 Å². The van der Waals surface area contributed by atoms with Crippen molar-refractivity contribution in [1.82, 2.24) is 5.32 Å². The average Bonchev–Trinajstić information content (AvgIpc) is 2.82.